The Labute approximate surface area is 245 Å². The van der Waals surface area contributed by atoms with E-state index in [0.717, 1.165) is 17.5 Å². The summed E-state index contributed by atoms with van der Waals surface area (Å²) < 4.78 is 47.6. The van der Waals surface area contributed by atoms with Crippen LogP contribution in [0.5, 0.6) is 0 Å². The fraction of sp³-hybridized carbons (Fsp3) is 0.310. The predicted octanol–water partition coefficient (Wildman–Crippen LogP) is 2.16. The van der Waals surface area contributed by atoms with Crippen molar-refractivity contribution in [2.24, 2.45) is 0 Å². The maximum Gasteiger partial charge on any atom is 0.251 e. The van der Waals surface area contributed by atoms with Crippen molar-refractivity contribution in [2.45, 2.75) is 24.4 Å². The minimum Gasteiger partial charge on any atom is -0.354 e. The van der Waals surface area contributed by atoms with Gasteiger partial charge in [0.05, 0.1) is 39.8 Å². The number of nitrogens with one attached hydrogen (secondary N) is 2. The lowest BCUT2D eigenvalue weighted by molar-refractivity contribution is 0.0950. The molecule has 0 spiro atoms. The summed E-state index contributed by atoms with van der Waals surface area (Å²) in [5.41, 5.74) is 3.46. The molecule has 1 aliphatic rings. The molecule has 0 aliphatic carbocycles. The van der Waals surface area contributed by atoms with E-state index in [-0.39, 0.29) is 28.8 Å². The summed E-state index contributed by atoms with van der Waals surface area (Å²) in [5.74, 6) is 0.415. The van der Waals surface area contributed by atoms with Crippen molar-refractivity contribution < 1.29 is 21.6 Å². The number of hydrogen-bond acceptors (Lipinski definition) is 10. The Balaban J connectivity index is 1.32. The van der Waals surface area contributed by atoms with Gasteiger partial charge in [0.15, 0.2) is 9.84 Å². The number of rotatable bonds is 8. The van der Waals surface area contributed by atoms with E-state index < -0.39 is 25.6 Å². The van der Waals surface area contributed by atoms with Gasteiger partial charge in [-0.15, -0.1) is 0 Å². The number of piperazine rings is 1. The van der Waals surface area contributed by atoms with Gasteiger partial charge >= 0.3 is 0 Å². The molecular weight excluding hydrogens is 576 g/mol. The molecule has 3 aromatic heterocycles. The zero-order chi connectivity index (χ0) is 30.1. The van der Waals surface area contributed by atoms with Crippen LogP contribution in [0.3, 0.4) is 0 Å². The number of hydrogen-bond donors (Lipinski definition) is 2. The molecule has 2 N–H and O–H groups in total. The first kappa shape index (κ1) is 29.5. The molecule has 1 aromatic carbocycles. The summed E-state index contributed by atoms with van der Waals surface area (Å²) in [4.78, 5) is 29.0. The number of anilines is 1. The standard InChI is InChI=1S/C29H32N6O5S2/c1-19-7-8-20(13-27(19)42(3,39)40)29(36)32-16-22-14-26-21(15-31-22)9-10-25(33-26)24-5-4-6-28(34-24)35-12-11-30-23(17-35)18-41(2,37)38/h4-10,13-15,23,30H,11-12,16-18H2,1-3H3,(H,32,36). The third kappa shape index (κ3) is 7.09. The number of nitrogens with zero attached hydrogens (tertiary/aromatic N) is 4. The number of carbonyl (C=O) groups is 1. The Kier molecular flexibility index (Phi) is 8.26. The number of carbonyl (C=O) groups excluding carboxylic acids is 1. The summed E-state index contributed by atoms with van der Waals surface area (Å²) in [6.45, 7) is 3.73. The predicted molar refractivity (Wildman–Crippen MR) is 162 cm³/mol. The number of sulfone groups is 2. The Morgan fingerprint density at radius 3 is 2.57 bits per heavy atom. The highest BCUT2D eigenvalue weighted by Crippen LogP contribution is 2.23. The molecule has 220 valence electrons. The quantitative estimate of drug-likeness (QED) is 0.304. The Morgan fingerprint density at radius 1 is 1.02 bits per heavy atom. The van der Waals surface area contributed by atoms with Gasteiger partial charge in [-0.3, -0.25) is 9.78 Å². The summed E-state index contributed by atoms with van der Waals surface area (Å²) in [6, 6.07) is 15.7. The van der Waals surface area contributed by atoms with Crippen LogP contribution in [0.15, 0.2) is 65.7 Å². The molecular formula is C29H32N6O5S2. The minimum atomic E-state index is -3.46. The van der Waals surface area contributed by atoms with E-state index in [1.165, 1.54) is 12.3 Å². The molecule has 1 amide bonds. The van der Waals surface area contributed by atoms with Crippen LogP contribution in [0.25, 0.3) is 22.3 Å². The fourth-order valence-corrected chi connectivity index (χ4v) is 6.91. The van der Waals surface area contributed by atoms with E-state index in [2.05, 4.69) is 20.5 Å². The number of benzene rings is 1. The highest BCUT2D eigenvalue weighted by molar-refractivity contribution is 7.91. The maximum absolute atomic E-state index is 12.8. The van der Waals surface area contributed by atoms with E-state index in [9.17, 15) is 21.6 Å². The smallest absolute Gasteiger partial charge is 0.251 e. The minimum absolute atomic E-state index is 0.0684. The van der Waals surface area contributed by atoms with Crippen LogP contribution < -0.4 is 15.5 Å². The van der Waals surface area contributed by atoms with Gasteiger partial charge in [-0.05, 0) is 55.0 Å². The van der Waals surface area contributed by atoms with Crippen LogP contribution >= 0.6 is 0 Å². The largest absolute Gasteiger partial charge is 0.354 e. The lowest BCUT2D eigenvalue weighted by Gasteiger charge is -2.34. The Bertz CT molecular complexity index is 1880. The summed E-state index contributed by atoms with van der Waals surface area (Å²) in [6.07, 6.45) is 4.05. The summed E-state index contributed by atoms with van der Waals surface area (Å²) in [5, 5.41) is 6.89. The number of fused-ring (bicyclic) bond motifs is 1. The third-order valence-corrected chi connectivity index (χ3v) is 9.24. The number of aryl methyl sites for hydroxylation is 1. The van der Waals surface area contributed by atoms with Gasteiger partial charge in [0.1, 0.15) is 15.7 Å². The molecule has 1 fully saturated rings. The van der Waals surface area contributed by atoms with Gasteiger partial charge in [0, 0.05) is 55.3 Å². The number of pyridine rings is 3. The number of aromatic nitrogens is 3. The van der Waals surface area contributed by atoms with E-state index in [1.54, 1.807) is 31.3 Å². The van der Waals surface area contributed by atoms with Gasteiger partial charge in [-0.1, -0.05) is 12.1 Å². The van der Waals surface area contributed by atoms with E-state index in [4.69, 9.17) is 9.97 Å². The van der Waals surface area contributed by atoms with Crippen molar-refractivity contribution in [3.05, 3.63) is 77.6 Å². The topological polar surface area (TPSA) is 151 Å². The second-order valence-electron chi connectivity index (χ2n) is 10.6. The molecule has 42 heavy (non-hydrogen) atoms. The number of amides is 1. The van der Waals surface area contributed by atoms with Crippen molar-refractivity contribution in [3.8, 4) is 11.4 Å². The van der Waals surface area contributed by atoms with Crippen LogP contribution in [0.2, 0.25) is 0 Å². The molecule has 1 saturated heterocycles. The highest BCUT2D eigenvalue weighted by atomic mass is 32.2. The van der Waals surface area contributed by atoms with Crippen LogP contribution in [-0.4, -0.2) is 81.6 Å². The Morgan fingerprint density at radius 2 is 1.81 bits per heavy atom. The first-order valence-corrected chi connectivity index (χ1v) is 17.3. The van der Waals surface area contributed by atoms with Crippen molar-refractivity contribution in [1.82, 2.24) is 25.6 Å². The summed E-state index contributed by atoms with van der Waals surface area (Å²) >= 11 is 0. The first-order chi connectivity index (χ1) is 19.9. The zero-order valence-corrected chi connectivity index (χ0v) is 25.2. The SMILES string of the molecule is Cc1ccc(C(=O)NCc2cc3nc(-c4cccc(N5CCNC(CS(C)(=O)=O)C5)n4)ccc3cn2)cc1S(C)(=O)=O. The molecule has 0 bridgehead atoms. The fourth-order valence-electron chi connectivity index (χ4n) is 4.96. The summed E-state index contributed by atoms with van der Waals surface area (Å²) in [7, 11) is -6.57. The van der Waals surface area contributed by atoms with Gasteiger partial charge in [0.25, 0.3) is 5.91 Å². The van der Waals surface area contributed by atoms with Crippen molar-refractivity contribution in [3.63, 3.8) is 0 Å². The van der Waals surface area contributed by atoms with E-state index in [1.807, 2.05) is 30.3 Å². The van der Waals surface area contributed by atoms with Crippen LogP contribution in [0.4, 0.5) is 5.82 Å². The lowest BCUT2D eigenvalue weighted by Crippen LogP contribution is -2.53. The van der Waals surface area contributed by atoms with Gasteiger partial charge in [0.2, 0.25) is 0 Å². The molecule has 1 atom stereocenters. The molecule has 0 saturated carbocycles. The molecule has 11 nitrogen and oxygen atoms in total. The van der Waals surface area contributed by atoms with Crippen molar-refractivity contribution in [2.75, 3.05) is 42.8 Å². The van der Waals surface area contributed by atoms with Crippen molar-refractivity contribution >= 4 is 42.3 Å². The average molecular weight is 609 g/mol. The monoisotopic (exact) mass is 608 g/mol. The average Bonchev–Trinajstić information content (AvgIpc) is 2.94. The van der Waals surface area contributed by atoms with Crippen LogP contribution in [0, 0.1) is 6.92 Å². The Hall–Kier alpha value is -3.94. The second kappa shape index (κ2) is 11.7. The van der Waals surface area contributed by atoms with E-state index in [0.29, 0.717) is 47.8 Å². The van der Waals surface area contributed by atoms with Crippen LogP contribution in [-0.2, 0) is 26.2 Å². The highest BCUT2D eigenvalue weighted by Gasteiger charge is 2.24. The van der Waals surface area contributed by atoms with Crippen LogP contribution in [0.1, 0.15) is 21.6 Å². The zero-order valence-electron chi connectivity index (χ0n) is 23.5. The third-order valence-electron chi connectivity index (χ3n) is 6.99. The second-order valence-corrected chi connectivity index (χ2v) is 14.7. The normalized spacial score (nSPS) is 16.0. The molecule has 1 unspecified atom stereocenters. The first-order valence-electron chi connectivity index (χ1n) is 13.3. The lowest BCUT2D eigenvalue weighted by atomic mass is 10.1. The molecule has 5 rings (SSSR count). The van der Waals surface area contributed by atoms with Gasteiger partial charge < -0.3 is 15.5 Å². The van der Waals surface area contributed by atoms with Gasteiger partial charge in [-0.2, -0.15) is 0 Å². The van der Waals surface area contributed by atoms with Crippen molar-refractivity contribution in [1.29, 1.82) is 0 Å². The molecule has 0 radical (unpaired) electrons. The van der Waals surface area contributed by atoms with Gasteiger partial charge in [-0.25, -0.2) is 26.8 Å². The molecule has 1 aliphatic heterocycles. The van der Waals surface area contributed by atoms with E-state index >= 15 is 0 Å². The molecule has 13 heteroatoms. The molecule has 4 aromatic rings. The molecule has 4 heterocycles. The maximum atomic E-state index is 12.8.